The number of benzene rings is 1. The molecule has 0 spiro atoms. The maximum Gasteiger partial charge on any atom is 0.0465 e. The highest BCUT2D eigenvalue weighted by molar-refractivity contribution is 7.84. The highest BCUT2D eigenvalue weighted by atomic mass is 35.5. The molecule has 1 rings (SSSR count). The number of hydrogen-bond acceptors (Lipinski definition) is 2. The zero-order chi connectivity index (χ0) is 12.1. The van der Waals surface area contributed by atoms with Gasteiger partial charge in [-0.3, -0.25) is 4.21 Å². The fourth-order valence-corrected chi connectivity index (χ4v) is 2.66. The van der Waals surface area contributed by atoms with Gasteiger partial charge in [-0.2, -0.15) is 0 Å². The lowest BCUT2D eigenvalue weighted by Gasteiger charge is -2.13. The summed E-state index contributed by atoms with van der Waals surface area (Å²) in [6.07, 6.45) is 1.70. The van der Waals surface area contributed by atoms with Crippen LogP contribution >= 0.6 is 23.2 Å². The van der Waals surface area contributed by atoms with E-state index in [0.717, 1.165) is 5.56 Å². The van der Waals surface area contributed by atoms with E-state index in [4.69, 9.17) is 23.2 Å². The first-order valence-electron chi connectivity index (χ1n) is 4.96. The van der Waals surface area contributed by atoms with Gasteiger partial charge < -0.3 is 5.32 Å². The number of nitrogens with one attached hydrogen (secondary N) is 1. The van der Waals surface area contributed by atoms with Crippen LogP contribution in [0.1, 0.15) is 12.5 Å². The van der Waals surface area contributed by atoms with E-state index in [-0.39, 0.29) is 6.04 Å². The van der Waals surface area contributed by atoms with Crippen LogP contribution in [0.5, 0.6) is 0 Å². The molecule has 0 amide bonds. The predicted molar refractivity (Wildman–Crippen MR) is 71.7 cm³/mol. The molecule has 0 fully saturated rings. The van der Waals surface area contributed by atoms with E-state index in [0.29, 0.717) is 22.3 Å². The zero-order valence-corrected chi connectivity index (χ0v) is 11.6. The second kappa shape index (κ2) is 6.60. The molecule has 1 aromatic rings. The molecule has 0 radical (unpaired) electrons. The first-order chi connectivity index (χ1) is 7.49. The summed E-state index contributed by atoms with van der Waals surface area (Å²) in [5, 5.41) is 4.56. The molecule has 0 saturated carbocycles. The summed E-state index contributed by atoms with van der Waals surface area (Å²) < 4.78 is 11.0. The van der Waals surface area contributed by atoms with Crippen molar-refractivity contribution in [2.24, 2.45) is 0 Å². The molecule has 0 heterocycles. The quantitative estimate of drug-likeness (QED) is 0.898. The van der Waals surface area contributed by atoms with Gasteiger partial charge in [-0.15, -0.1) is 0 Å². The number of hydrogen-bond donors (Lipinski definition) is 1. The van der Waals surface area contributed by atoms with Gasteiger partial charge in [0.25, 0.3) is 0 Å². The minimum absolute atomic E-state index is 0.206. The van der Waals surface area contributed by atoms with Crippen LogP contribution in [0, 0.1) is 0 Å². The van der Waals surface area contributed by atoms with Crippen LogP contribution < -0.4 is 5.32 Å². The Balaban J connectivity index is 2.51. The first-order valence-corrected chi connectivity index (χ1v) is 7.44. The Morgan fingerprint density at radius 1 is 1.44 bits per heavy atom. The largest absolute Gasteiger partial charge is 0.309 e. The van der Waals surface area contributed by atoms with Crippen molar-refractivity contribution in [3.8, 4) is 0 Å². The normalized spacial score (nSPS) is 14.8. The number of rotatable bonds is 5. The van der Waals surface area contributed by atoms with Crippen LogP contribution in [0.4, 0.5) is 0 Å². The molecule has 0 aromatic heterocycles. The Bertz CT molecular complexity index is 384. The third-order valence-electron chi connectivity index (χ3n) is 2.14. The summed E-state index contributed by atoms with van der Waals surface area (Å²) in [5.74, 6) is 0.644. The van der Waals surface area contributed by atoms with Crippen molar-refractivity contribution in [3.05, 3.63) is 33.8 Å². The Labute approximate surface area is 109 Å². The second-order valence-corrected chi connectivity index (χ2v) is 6.08. The van der Waals surface area contributed by atoms with Gasteiger partial charge in [-0.05, 0) is 24.6 Å². The van der Waals surface area contributed by atoms with Crippen LogP contribution in [0.3, 0.4) is 0 Å². The fourth-order valence-electron chi connectivity index (χ4n) is 1.36. The van der Waals surface area contributed by atoms with E-state index in [1.54, 1.807) is 12.3 Å². The molecule has 16 heavy (non-hydrogen) atoms. The van der Waals surface area contributed by atoms with Crippen molar-refractivity contribution >= 4 is 34.0 Å². The molecule has 0 aliphatic carbocycles. The van der Waals surface area contributed by atoms with Crippen molar-refractivity contribution in [1.82, 2.24) is 5.32 Å². The van der Waals surface area contributed by atoms with Gasteiger partial charge in [0, 0.05) is 45.4 Å². The molecule has 1 aromatic carbocycles. The highest BCUT2D eigenvalue weighted by Gasteiger charge is 2.06. The van der Waals surface area contributed by atoms with Crippen LogP contribution in [-0.2, 0) is 17.3 Å². The monoisotopic (exact) mass is 279 g/mol. The molecule has 0 bridgehead atoms. The van der Waals surface area contributed by atoms with Crippen molar-refractivity contribution < 1.29 is 4.21 Å². The summed E-state index contributed by atoms with van der Waals surface area (Å²) in [7, 11) is -0.779. The van der Waals surface area contributed by atoms with E-state index < -0.39 is 10.8 Å². The molecule has 0 saturated heterocycles. The smallest absolute Gasteiger partial charge is 0.0465 e. The van der Waals surface area contributed by atoms with E-state index >= 15 is 0 Å². The predicted octanol–water partition coefficient (Wildman–Crippen LogP) is 2.85. The maximum atomic E-state index is 11.0. The third-order valence-corrected chi connectivity index (χ3v) is 3.70. The van der Waals surface area contributed by atoms with Crippen molar-refractivity contribution in [1.29, 1.82) is 0 Å². The molecule has 0 aliphatic rings. The van der Waals surface area contributed by atoms with Gasteiger partial charge in [-0.1, -0.05) is 29.3 Å². The average molecular weight is 280 g/mol. The zero-order valence-electron chi connectivity index (χ0n) is 9.30. The first kappa shape index (κ1) is 14.0. The topological polar surface area (TPSA) is 29.1 Å². The Hall–Kier alpha value is -0.0900. The van der Waals surface area contributed by atoms with Gasteiger partial charge in [0.05, 0.1) is 0 Å². The number of halogens is 2. The summed E-state index contributed by atoms with van der Waals surface area (Å²) >= 11 is 11.8. The Kier molecular flexibility index (Phi) is 5.76. The average Bonchev–Trinajstić information content (AvgIpc) is 2.15. The van der Waals surface area contributed by atoms with Gasteiger partial charge in [0.1, 0.15) is 0 Å². The SMILES string of the molecule is CC(CS(C)=O)NCc1ccc(Cl)cc1Cl. The lowest BCUT2D eigenvalue weighted by Crippen LogP contribution is -2.30. The molecule has 2 atom stereocenters. The third kappa shape index (κ3) is 4.83. The molecule has 2 unspecified atom stereocenters. The Morgan fingerprint density at radius 3 is 2.69 bits per heavy atom. The fraction of sp³-hybridized carbons (Fsp3) is 0.455. The molecule has 1 N–H and O–H groups in total. The van der Waals surface area contributed by atoms with Crippen molar-refractivity contribution in [2.45, 2.75) is 19.5 Å². The molecule has 2 nitrogen and oxygen atoms in total. The molecular weight excluding hydrogens is 265 g/mol. The van der Waals surface area contributed by atoms with E-state index in [9.17, 15) is 4.21 Å². The standard InChI is InChI=1S/C11H15Cl2NOS/c1-8(7-16(2)15)14-6-9-3-4-10(12)5-11(9)13/h3-5,8,14H,6-7H2,1-2H3. The minimum Gasteiger partial charge on any atom is -0.309 e. The van der Waals surface area contributed by atoms with E-state index in [1.165, 1.54) is 0 Å². The lowest BCUT2D eigenvalue weighted by molar-refractivity contribution is 0.587. The summed E-state index contributed by atoms with van der Waals surface area (Å²) in [4.78, 5) is 0. The van der Waals surface area contributed by atoms with E-state index in [1.807, 2.05) is 19.1 Å². The molecule has 5 heteroatoms. The van der Waals surface area contributed by atoms with Crippen LogP contribution in [0.25, 0.3) is 0 Å². The summed E-state index contributed by atoms with van der Waals surface area (Å²) in [6, 6.07) is 5.64. The van der Waals surface area contributed by atoms with Gasteiger partial charge in [0.15, 0.2) is 0 Å². The van der Waals surface area contributed by atoms with Gasteiger partial charge in [0.2, 0.25) is 0 Å². The second-order valence-electron chi connectivity index (χ2n) is 3.76. The molecule has 90 valence electrons. The van der Waals surface area contributed by atoms with E-state index in [2.05, 4.69) is 5.32 Å². The maximum absolute atomic E-state index is 11.0. The summed E-state index contributed by atoms with van der Waals surface area (Å²) in [5.41, 5.74) is 1.000. The molecule has 0 aliphatic heterocycles. The van der Waals surface area contributed by atoms with Gasteiger partial charge in [-0.25, -0.2) is 0 Å². The van der Waals surface area contributed by atoms with Crippen LogP contribution in [0.2, 0.25) is 10.0 Å². The summed E-state index contributed by atoms with van der Waals surface area (Å²) in [6.45, 7) is 2.67. The molecular formula is C11H15Cl2NOS. The highest BCUT2D eigenvalue weighted by Crippen LogP contribution is 2.20. The van der Waals surface area contributed by atoms with Crippen molar-refractivity contribution in [2.75, 3.05) is 12.0 Å². The lowest BCUT2D eigenvalue weighted by atomic mass is 10.2. The Morgan fingerprint density at radius 2 is 2.12 bits per heavy atom. The van der Waals surface area contributed by atoms with Crippen LogP contribution in [0.15, 0.2) is 18.2 Å². The van der Waals surface area contributed by atoms with Gasteiger partial charge >= 0.3 is 0 Å². The minimum atomic E-state index is -0.779. The van der Waals surface area contributed by atoms with Crippen LogP contribution in [-0.4, -0.2) is 22.3 Å². The van der Waals surface area contributed by atoms with Crippen molar-refractivity contribution in [3.63, 3.8) is 0 Å².